The van der Waals surface area contributed by atoms with Gasteiger partial charge in [0.05, 0.1) is 7.85 Å². The van der Waals surface area contributed by atoms with Crippen LogP contribution in [-0.2, 0) is 4.79 Å². The molecule has 0 rings (SSSR count). The zero-order chi connectivity index (χ0) is 9.70. The van der Waals surface area contributed by atoms with Crippen molar-refractivity contribution in [1.82, 2.24) is 5.32 Å². The summed E-state index contributed by atoms with van der Waals surface area (Å²) in [6.07, 6.45) is 2.64. The first-order valence-corrected chi connectivity index (χ1v) is 3.95. The third-order valence-electron chi connectivity index (χ3n) is 0.852. The summed E-state index contributed by atoms with van der Waals surface area (Å²) in [5, 5.41) is 2.39. The highest BCUT2D eigenvalue weighted by molar-refractivity contribution is 6.05. The SMILES string of the molecule is CCCC.CNC(C)=O.[B]C. The fourth-order valence-electron chi connectivity index (χ4n) is 0. The van der Waals surface area contributed by atoms with Crippen molar-refractivity contribution in [2.75, 3.05) is 7.05 Å². The molecule has 0 spiro atoms. The van der Waals surface area contributed by atoms with E-state index >= 15 is 0 Å². The minimum atomic E-state index is 0.00463. The lowest BCUT2D eigenvalue weighted by atomic mass is 10.2. The maximum atomic E-state index is 9.70. The van der Waals surface area contributed by atoms with Gasteiger partial charge in [-0.15, -0.1) is 0 Å². The van der Waals surface area contributed by atoms with Crippen LogP contribution in [0.2, 0.25) is 6.82 Å². The van der Waals surface area contributed by atoms with Crippen molar-refractivity contribution in [3.05, 3.63) is 0 Å². The van der Waals surface area contributed by atoms with Gasteiger partial charge < -0.3 is 5.32 Å². The molecule has 2 radical (unpaired) electrons. The molecular weight excluding hydrogens is 137 g/mol. The van der Waals surface area contributed by atoms with Crippen LogP contribution in [0.5, 0.6) is 0 Å². The average Bonchev–Trinajstić information content (AvgIpc) is 2.08. The second-order valence-electron chi connectivity index (χ2n) is 1.81. The van der Waals surface area contributed by atoms with Gasteiger partial charge in [-0.05, 0) is 0 Å². The van der Waals surface area contributed by atoms with Crippen LogP contribution in [0.25, 0.3) is 0 Å². The number of unbranched alkanes of at least 4 members (excludes halogenated alkanes) is 1. The first-order valence-electron chi connectivity index (χ1n) is 3.95. The van der Waals surface area contributed by atoms with E-state index in [0.29, 0.717) is 0 Å². The smallest absolute Gasteiger partial charge is 0.216 e. The topological polar surface area (TPSA) is 29.1 Å². The van der Waals surface area contributed by atoms with Crippen molar-refractivity contribution in [1.29, 1.82) is 0 Å². The molecule has 0 aliphatic carbocycles. The number of hydrogen-bond acceptors (Lipinski definition) is 1. The average molecular weight is 157 g/mol. The van der Waals surface area contributed by atoms with Crippen LogP contribution >= 0.6 is 0 Å². The molecule has 0 aliphatic heterocycles. The molecule has 0 aromatic carbocycles. The molecule has 66 valence electrons. The van der Waals surface area contributed by atoms with Crippen LogP contribution in [0.1, 0.15) is 33.6 Å². The molecule has 2 nitrogen and oxygen atoms in total. The number of hydrogen-bond donors (Lipinski definition) is 1. The lowest BCUT2D eigenvalue weighted by molar-refractivity contribution is -0.118. The fourth-order valence-corrected chi connectivity index (χ4v) is 0. The van der Waals surface area contributed by atoms with Crippen LogP contribution in [0.4, 0.5) is 0 Å². The van der Waals surface area contributed by atoms with E-state index in [1.165, 1.54) is 26.6 Å². The van der Waals surface area contributed by atoms with Crippen LogP contribution < -0.4 is 5.32 Å². The summed E-state index contributed by atoms with van der Waals surface area (Å²) in [5.41, 5.74) is 0. The second kappa shape index (κ2) is 22.7. The molecule has 0 fully saturated rings. The molecule has 0 atom stereocenters. The highest BCUT2D eigenvalue weighted by Crippen LogP contribution is 1.76. The maximum absolute atomic E-state index is 9.70. The number of amides is 1. The van der Waals surface area contributed by atoms with Gasteiger partial charge in [0.15, 0.2) is 0 Å². The van der Waals surface area contributed by atoms with Crippen molar-refractivity contribution in [3.63, 3.8) is 0 Å². The lowest BCUT2D eigenvalue weighted by Gasteiger charge is -1.80. The van der Waals surface area contributed by atoms with E-state index in [2.05, 4.69) is 27.0 Å². The quantitative estimate of drug-likeness (QED) is 0.577. The molecule has 1 N–H and O–H groups in total. The van der Waals surface area contributed by atoms with E-state index < -0.39 is 0 Å². The predicted molar refractivity (Wildman–Crippen MR) is 51.9 cm³/mol. The van der Waals surface area contributed by atoms with Crippen LogP contribution in [0.3, 0.4) is 0 Å². The first-order chi connectivity index (χ1) is 5.18. The Morgan fingerprint density at radius 3 is 1.45 bits per heavy atom. The third-order valence-corrected chi connectivity index (χ3v) is 0.852. The van der Waals surface area contributed by atoms with Crippen molar-refractivity contribution in [3.8, 4) is 0 Å². The molecular formula is C8H20BNO. The van der Waals surface area contributed by atoms with Crippen molar-refractivity contribution < 1.29 is 4.79 Å². The molecule has 0 aromatic rings. The van der Waals surface area contributed by atoms with Gasteiger partial charge in [0.1, 0.15) is 0 Å². The molecule has 0 unspecified atom stereocenters. The van der Waals surface area contributed by atoms with E-state index in [1.54, 1.807) is 7.05 Å². The van der Waals surface area contributed by atoms with Gasteiger partial charge in [-0.3, -0.25) is 4.79 Å². The number of carbonyl (C=O) groups is 1. The summed E-state index contributed by atoms with van der Waals surface area (Å²) in [6.45, 7) is 7.33. The van der Waals surface area contributed by atoms with Crippen molar-refractivity contribution >= 4 is 13.8 Å². The molecule has 11 heavy (non-hydrogen) atoms. The summed E-state index contributed by atoms with van der Waals surface area (Å²) >= 11 is 0. The van der Waals surface area contributed by atoms with Gasteiger partial charge in [-0.25, -0.2) is 0 Å². The zero-order valence-corrected chi connectivity index (χ0v) is 8.40. The van der Waals surface area contributed by atoms with E-state index in [4.69, 9.17) is 0 Å². The summed E-state index contributed by atoms with van der Waals surface area (Å²) in [7, 11) is 6.10. The Kier molecular flexibility index (Phi) is 34.8. The van der Waals surface area contributed by atoms with Gasteiger partial charge in [-0.1, -0.05) is 33.5 Å². The highest BCUT2D eigenvalue weighted by Gasteiger charge is 1.72. The van der Waals surface area contributed by atoms with E-state index in [1.807, 2.05) is 0 Å². The van der Waals surface area contributed by atoms with Gasteiger partial charge in [0.2, 0.25) is 5.91 Å². The number of rotatable bonds is 1. The Bertz CT molecular complexity index is 65.1. The van der Waals surface area contributed by atoms with Crippen molar-refractivity contribution in [2.24, 2.45) is 0 Å². The molecule has 0 bridgehead atoms. The summed E-state index contributed by atoms with van der Waals surface area (Å²) in [6, 6.07) is 0. The van der Waals surface area contributed by atoms with Gasteiger partial charge >= 0.3 is 0 Å². The normalized spacial score (nSPS) is 6.27. The Morgan fingerprint density at radius 1 is 1.27 bits per heavy atom. The van der Waals surface area contributed by atoms with Crippen LogP contribution in [0, 0.1) is 0 Å². The first kappa shape index (κ1) is 16.9. The largest absolute Gasteiger partial charge is 0.359 e. The third kappa shape index (κ3) is 84.2. The van der Waals surface area contributed by atoms with E-state index in [0.717, 1.165) is 0 Å². The molecule has 0 saturated carbocycles. The van der Waals surface area contributed by atoms with Gasteiger partial charge in [0, 0.05) is 14.0 Å². The molecule has 3 heteroatoms. The summed E-state index contributed by atoms with van der Waals surface area (Å²) < 4.78 is 0. The molecule has 0 aromatic heterocycles. The molecule has 0 saturated heterocycles. The monoisotopic (exact) mass is 157 g/mol. The van der Waals surface area contributed by atoms with Crippen LogP contribution in [-0.4, -0.2) is 20.8 Å². The second-order valence-corrected chi connectivity index (χ2v) is 1.81. The highest BCUT2D eigenvalue weighted by atomic mass is 16.1. The summed E-state index contributed by atoms with van der Waals surface area (Å²) in [5.74, 6) is 0.00463. The zero-order valence-electron chi connectivity index (χ0n) is 8.40. The minimum absolute atomic E-state index is 0.00463. The Labute approximate surface area is 72.2 Å². The Balaban J connectivity index is -0.0000000965. The minimum Gasteiger partial charge on any atom is -0.359 e. The van der Waals surface area contributed by atoms with Gasteiger partial charge in [0.25, 0.3) is 0 Å². The Morgan fingerprint density at radius 2 is 1.45 bits per heavy atom. The molecule has 0 aliphatic rings. The van der Waals surface area contributed by atoms with Crippen molar-refractivity contribution in [2.45, 2.75) is 40.4 Å². The lowest BCUT2D eigenvalue weighted by Crippen LogP contribution is -2.11. The predicted octanol–water partition coefficient (Wildman–Crippen LogP) is 1.76. The Hall–Kier alpha value is -0.465. The van der Waals surface area contributed by atoms with Crippen LogP contribution in [0.15, 0.2) is 0 Å². The van der Waals surface area contributed by atoms with E-state index in [9.17, 15) is 4.79 Å². The molecule has 0 heterocycles. The maximum Gasteiger partial charge on any atom is 0.216 e. The number of nitrogens with one attached hydrogen (secondary N) is 1. The van der Waals surface area contributed by atoms with Gasteiger partial charge in [-0.2, -0.15) is 0 Å². The fraction of sp³-hybridized carbons (Fsp3) is 0.875. The standard InChI is InChI=1S/C4H10.C3H7NO.CH3B/c1-3-4-2;1-3(5)4-2;1-2/h3-4H2,1-2H3;1-2H3,(H,4,5);1H3. The van der Waals surface area contributed by atoms with E-state index in [-0.39, 0.29) is 5.91 Å². The molecule has 1 amide bonds. The number of carbonyl (C=O) groups excluding carboxylic acids is 1. The summed E-state index contributed by atoms with van der Waals surface area (Å²) in [4.78, 5) is 9.70.